The number of β-amino-alcohol motifs (C(OH)–C–C–N with tert-alkyl or cyclic N) is 1. The number of hydrogen-bond acceptors (Lipinski definition) is 5. The molecule has 92 valence electrons. The third-order valence-electron chi connectivity index (χ3n) is 1.97. The standard InChI is InChI=1S/C6H10N2O.C5H10O2/c7-4-6(9)2-1-3-8-5-6;1-5(2,3)7-4-6/h8-9H,1-3,5H2;4H,1-3H3. The lowest BCUT2D eigenvalue weighted by Crippen LogP contribution is -2.44. The van der Waals surface area contributed by atoms with Crippen molar-refractivity contribution in [3.8, 4) is 6.07 Å². The Kier molecular flexibility index (Phi) is 6.01. The van der Waals surface area contributed by atoms with Gasteiger partial charge in [0.25, 0.3) is 6.47 Å². The molecule has 1 fully saturated rings. The van der Waals surface area contributed by atoms with Crippen LogP contribution in [0, 0.1) is 11.3 Å². The van der Waals surface area contributed by atoms with Gasteiger partial charge in [-0.1, -0.05) is 0 Å². The van der Waals surface area contributed by atoms with Crippen LogP contribution in [0.2, 0.25) is 0 Å². The fourth-order valence-electron chi connectivity index (χ4n) is 1.13. The smallest absolute Gasteiger partial charge is 0.293 e. The van der Waals surface area contributed by atoms with Crippen LogP contribution in [-0.4, -0.2) is 35.9 Å². The maximum atomic E-state index is 9.60. The molecule has 0 aromatic rings. The minimum Gasteiger partial charge on any atom is -0.462 e. The zero-order valence-electron chi connectivity index (χ0n) is 10.1. The molecule has 1 aliphatic heterocycles. The van der Waals surface area contributed by atoms with Crippen molar-refractivity contribution in [1.82, 2.24) is 5.32 Å². The first-order valence-electron chi connectivity index (χ1n) is 5.29. The van der Waals surface area contributed by atoms with Crippen LogP contribution >= 0.6 is 0 Å². The number of aliphatic hydroxyl groups is 1. The van der Waals surface area contributed by atoms with Crippen molar-refractivity contribution >= 4 is 6.47 Å². The number of carbonyl (C=O) groups is 1. The summed E-state index contributed by atoms with van der Waals surface area (Å²) in [7, 11) is 0. The Morgan fingerprint density at radius 2 is 2.19 bits per heavy atom. The Labute approximate surface area is 96.4 Å². The van der Waals surface area contributed by atoms with Crippen molar-refractivity contribution in [1.29, 1.82) is 5.26 Å². The van der Waals surface area contributed by atoms with Crippen LogP contribution in [0.5, 0.6) is 0 Å². The van der Waals surface area contributed by atoms with E-state index in [9.17, 15) is 9.90 Å². The minimum atomic E-state index is -1.09. The van der Waals surface area contributed by atoms with Gasteiger partial charge in [-0.25, -0.2) is 0 Å². The molecular formula is C11H20N2O3. The van der Waals surface area contributed by atoms with Crippen LogP contribution in [0.3, 0.4) is 0 Å². The molecule has 0 saturated carbocycles. The predicted molar refractivity (Wildman–Crippen MR) is 59.6 cm³/mol. The lowest BCUT2D eigenvalue weighted by atomic mass is 9.96. The molecule has 1 heterocycles. The van der Waals surface area contributed by atoms with Crippen LogP contribution in [0.1, 0.15) is 33.6 Å². The molecule has 0 aliphatic carbocycles. The molecule has 0 radical (unpaired) electrons. The van der Waals surface area contributed by atoms with Gasteiger partial charge in [-0.05, 0) is 40.2 Å². The molecule has 1 atom stereocenters. The highest BCUT2D eigenvalue weighted by molar-refractivity contribution is 5.37. The van der Waals surface area contributed by atoms with E-state index < -0.39 is 5.60 Å². The van der Waals surface area contributed by atoms with E-state index in [1.807, 2.05) is 26.8 Å². The van der Waals surface area contributed by atoms with E-state index in [1.165, 1.54) is 0 Å². The molecule has 1 saturated heterocycles. The fraction of sp³-hybridized carbons (Fsp3) is 0.818. The minimum absolute atomic E-state index is 0.318. The zero-order chi connectivity index (χ0) is 12.7. The monoisotopic (exact) mass is 228 g/mol. The van der Waals surface area contributed by atoms with Crippen molar-refractivity contribution in [2.24, 2.45) is 0 Å². The van der Waals surface area contributed by atoms with Crippen molar-refractivity contribution in [2.45, 2.75) is 44.8 Å². The number of rotatable bonds is 1. The lowest BCUT2D eigenvalue weighted by Gasteiger charge is -2.25. The molecule has 5 heteroatoms. The largest absolute Gasteiger partial charge is 0.462 e. The normalized spacial score (nSPS) is 24.7. The number of carbonyl (C=O) groups excluding carboxylic acids is 1. The topological polar surface area (TPSA) is 82.4 Å². The van der Waals surface area contributed by atoms with E-state index in [-0.39, 0.29) is 5.60 Å². The van der Waals surface area contributed by atoms with Gasteiger partial charge in [-0.2, -0.15) is 5.26 Å². The molecule has 5 nitrogen and oxygen atoms in total. The highest BCUT2D eigenvalue weighted by Crippen LogP contribution is 2.13. The van der Waals surface area contributed by atoms with Crippen molar-refractivity contribution in [3.63, 3.8) is 0 Å². The quantitative estimate of drug-likeness (QED) is 0.507. The molecular weight excluding hydrogens is 208 g/mol. The first kappa shape index (κ1) is 14.9. The summed E-state index contributed by atoms with van der Waals surface area (Å²) >= 11 is 0. The second-order valence-electron chi connectivity index (χ2n) is 4.75. The zero-order valence-corrected chi connectivity index (χ0v) is 10.1. The molecule has 16 heavy (non-hydrogen) atoms. The van der Waals surface area contributed by atoms with E-state index >= 15 is 0 Å². The Bertz CT molecular complexity index is 247. The lowest BCUT2D eigenvalue weighted by molar-refractivity contribution is -0.138. The molecule has 0 aromatic carbocycles. The Balaban J connectivity index is 0.000000293. The summed E-state index contributed by atoms with van der Waals surface area (Å²) in [6.45, 7) is 7.26. The molecule has 0 amide bonds. The van der Waals surface area contributed by atoms with Gasteiger partial charge in [-0.3, -0.25) is 4.79 Å². The Morgan fingerprint density at radius 1 is 1.56 bits per heavy atom. The van der Waals surface area contributed by atoms with Gasteiger partial charge in [-0.15, -0.1) is 0 Å². The van der Waals surface area contributed by atoms with Crippen LogP contribution in [0.4, 0.5) is 0 Å². The van der Waals surface area contributed by atoms with Gasteiger partial charge in [0.2, 0.25) is 0 Å². The highest BCUT2D eigenvalue weighted by atomic mass is 16.5. The summed E-state index contributed by atoms with van der Waals surface area (Å²) in [6, 6.07) is 1.87. The van der Waals surface area contributed by atoms with Crippen molar-refractivity contribution in [3.05, 3.63) is 0 Å². The van der Waals surface area contributed by atoms with E-state index in [4.69, 9.17) is 5.26 Å². The summed E-state index contributed by atoms with van der Waals surface area (Å²) in [6.07, 6.45) is 1.50. The SMILES string of the molecule is CC(C)(C)OC=O.N#CC1(O)CCCNC1. The molecule has 1 rings (SSSR count). The van der Waals surface area contributed by atoms with E-state index in [0.717, 1.165) is 13.0 Å². The molecule has 2 N–H and O–H groups in total. The number of nitrogens with zero attached hydrogens (tertiary/aromatic N) is 1. The van der Waals surface area contributed by atoms with Gasteiger partial charge in [0.1, 0.15) is 5.60 Å². The van der Waals surface area contributed by atoms with E-state index in [0.29, 0.717) is 19.4 Å². The summed E-state index contributed by atoms with van der Waals surface area (Å²) in [5.41, 5.74) is -1.40. The van der Waals surface area contributed by atoms with Crippen LogP contribution in [0.25, 0.3) is 0 Å². The van der Waals surface area contributed by atoms with Crippen LogP contribution in [0.15, 0.2) is 0 Å². The molecule has 0 aromatic heterocycles. The Hall–Kier alpha value is -1.12. The first-order valence-corrected chi connectivity index (χ1v) is 5.29. The number of nitrogens with one attached hydrogen (secondary N) is 1. The predicted octanol–water partition coefficient (Wildman–Crippen LogP) is 0.582. The second-order valence-corrected chi connectivity index (χ2v) is 4.75. The average molecular weight is 228 g/mol. The summed E-state index contributed by atoms with van der Waals surface area (Å²) < 4.78 is 4.55. The van der Waals surface area contributed by atoms with Crippen molar-refractivity contribution < 1.29 is 14.6 Å². The van der Waals surface area contributed by atoms with Crippen molar-refractivity contribution in [2.75, 3.05) is 13.1 Å². The summed E-state index contributed by atoms with van der Waals surface area (Å²) in [4.78, 5) is 9.60. The third kappa shape index (κ3) is 7.21. The molecule has 1 aliphatic rings. The summed E-state index contributed by atoms with van der Waals surface area (Å²) in [5.74, 6) is 0. The number of ether oxygens (including phenoxy) is 1. The Morgan fingerprint density at radius 3 is 2.38 bits per heavy atom. The van der Waals surface area contributed by atoms with Gasteiger partial charge >= 0.3 is 0 Å². The fourth-order valence-corrected chi connectivity index (χ4v) is 1.13. The molecule has 1 unspecified atom stereocenters. The number of nitriles is 1. The van der Waals surface area contributed by atoms with Gasteiger partial charge in [0.05, 0.1) is 6.07 Å². The van der Waals surface area contributed by atoms with Gasteiger partial charge in [0, 0.05) is 6.54 Å². The van der Waals surface area contributed by atoms with Gasteiger partial charge in [0.15, 0.2) is 5.60 Å². The number of hydrogen-bond donors (Lipinski definition) is 2. The first-order chi connectivity index (χ1) is 7.33. The maximum absolute atomic E-state index is 9.60. The van der Waals surface area contributed by atoms with E-state index in [1.54, 1.807) is 0 Å². The van der Waals surface area contributed by atoms with E-state index in [2.05, 4.69) is 10.1 Å². The molecule has 0 bridgehead atoms. The van der Waals surface area contributed by atoms with Crippen LogP contribution < -0.4 is 5.32 Å². The third-order valence-corrected chi connectivity index (χ3v) is 1.97. The maximum Gasteiger partial charge on any atom is 0.293 e. The summed E-state index contributed by atoms with van der Waals surface area (Å²) in [5, 5.41) is 20.6. The highest BCUT2D eigenvalue weighted by Gasteiger charge is 2.28. The second kappa shape index (κ2) is 6.46. The van der Waals surface area contributed by atoms with Gasteiger partial charge < -0.3 is 15.2 Å². The molecule has 0 spiro atoms. The van der Waals surface area contributed by atoms with Crippen LogP contribution in [-0.2, 0) is 9.53 Å². The average Bonchev–Trinajstić information content (AvgIpc) is 2.18. The number of piperidine rings is 1.